The fourth-order valence-electron chi connectivity index (χ4n) is 0.488. The van der Waals surface area contributed by atoms with Crippen LogP contribution >= 0.6 is 7.60 Å². The molecule has 0 N–H and O–H groups in total. The van der Waals surface area contributed by atoms with Gasteiger partial charge in [0.15, 0.2) is 0 Å². The molecule has 3 nitrogen and oxygen atoms in total. The molecule has 2 atom stereocenters. The van der Waals surface area contributed by atoms with Gasteiger partial charge in [0.05, 0.1) is 6.10 Å². The summed E-state index contributed by atoms with van der Waals surface area (Å²) in [6.45, 7) is 9.48. The van der Waals surface area contributed by atoms with Crippen molar-refractivity contribution < 1.29 is 13.6 Å². The summed E-state index contributed by atoms with van der Waals surface area (Å²) in [4.78, 5) is 0. The topological polar surface area (TPSA) is 35.5 Å². The molecule has 0 saturated carbocycles. The maximum atomic E-state index is 11.4. The molecule has 0 aliphatic carbocycles. The number of rotatable bonds is 3. The van der Waals surface area contributed by atoms with Crippen LogP contribution in [-0.2, 0) is 13.6 Å². The molecule has 0 heterocycles. The van der Waals surface area contributed by atoms with E-state index in [2.05, 4.69) is 0 Å². The van der Waals surface area contributed by atoms with E-state index in [-0.39, 0.29) is 11.5 Å². The van der Waals surface area contributed by atoms with Crippen LogP contribution in [0.1, 0.15) is 27.7 Å². The Morgan fingerprint density at radius 2 is 1.75 bits per heavy atom. The van der Waals surface area contributed by atoms with Crippen molar-refractivity contribution in [3.63, 3.8) is 0 Å². The van der Waals surface area contributed by atoms with Crippen LogP contribution in [-0.4, -0.2) is 19.9 Å². The summed E-state index contributed by atoms with van der Waals surface area (Å²) < 4.78 is 21.4. The van der Waals surface area contributed by atoms with Gasteiger partial charge in [-0.05, 0) is 12.3 Å². The molecule has 0 aromatic rings. The van der Waals surface area contributed by atoms with Gasteiger partial charge in [0, 0.05) is 13.8 Å². The van der Waals surface area contributed by atoms with Gasteiger partial charge in [0.1, 0.15) is 0 Å². The zero-order valence-corrected chi connectivity index (χ0v) is 9.64. The van der Waals surface area contributed by atoms with Gasteiger partial charge in [-0.1, -0.05) is 20.8 Å². The Hall–Kier alpha value is 0.150. The van der Waals surface area contributed by atoms with E-state index in [9.17, 15) is 4.57 Å². The van der Waals surface area contributed by atoms with E-state index in [1.807, 2.05) is 27.7 Å². The first-order valence-electron chi connectivity index (χ1n) is 4.00. The fourth-order valence-corrected chi connectivity index (χ4v) is 1.47. The lowest BCUT2D eigenvalue weighted by atomic mass is 9.91. The third-order valence-corrected chi connectivity index (χ3v) is 3.26. The van der Waals surface area contributed by atoms with Crippen LogP contribution in [0.5, 0.6) is 0 Å². The molecule has 0 rings (SSSR count). The molecule has 0 fully saturated rings. The maximum Gasteiger partial charge on any atom is 0.327 e. The minimum atomic E-state index is -2.83. The SMILES string of the molecule is COP(C)(=O)OC(C)C(C)(C)C. The first-order valence-corrected chi connectivity index (χ1v) is 5.99. The lowest BCUT2D eigenvalue weighted by Crippen LogP contribution is -2.25. The van der Waals surface area contributed by atoms with Crippen LogP contribution in [0, 0.1) is 5.41 Å². The molecule has 0 amide bonds. The first-order chi connectivity index (χ1) is 5.19. The van der Waals surface area contributed by atoms with Crippen molar-refractivity contribution in [1.82, 2.24) is 0 Å². The molecule has 0 radical (unpaired) electrons. The predicted molar refractivity (Wildman–Crippen MR) is 50.5 cm³/mol. The molecular formula is C8H19O3P. The van der Waals surface area contributed by atoms with Crippen LogP contribution in [0.25, 0.3) is 0 Å². The summed E-state index contributed by atoms with van der Waals surface area (Å²) in [7, 11) is -1.43. The summed E-state index contributed by atoms with van der Waals surface area (Å²) in [5.74, 6) is 0. The molecular weight excluding hydrogens is 175 g/mol. The largest absolute Gasteiger partial charge is 0.327 e. The van der Waals surface area contributed by atoms with Crippen LogP contribution in [0.3, 0.4) is 0 Å². The highest BCUT2D eigenvalue weighted by atomic mass is 31.2. The van der Waals surface area contributed by atoms with Crippen molar-refractivity contribution >= 4 is 7.60 Å². The van der Waals surface area contributed by atoms with E-state index < -0.39 is 7.60 Å². The van der Waals surface area contributed by atoms with Crippen molar-refractivity contribution in [1.29, 1.82) is 0 Å². The lowest BCUT2D eigenvalue weighted by molar-refractivity contribution is 0.0860. The van der Waals surface area contributed by atoms with Crippen molar-refractivity contribution in [2.75, 3.05) is 13.8 Å². The lowest BCUT2D eigenvalue weighted by Gasteiger charge is -2.28. The monoisotopic (exact) mass is 194 g/mol. The van der Waals surface area contributed by atoms with Crippen LogP contribution in [0.2, 0.25) is 0 Å². The predicted octanol–water partition coefficient (Wildman–Crippen LogP) is 2.91. The van der Waals surface area contributed by atoms with Crippen molar-refractivity contribution in [2.24, 2.45) is 5.41 Å². The van der Waals surface area contributed by atoms with E-state index in [1.54, 1.807) is 0 Å². The molecule has 74 valence electrons. The van der Waals surface area contributed by atoms with E-state index in [0.717, 1.165) is 0 Å². The Bertz CT molecular complexity index is 183. The summed E-state index contributed by atoms with van der Waals surface area (Å²) >= 11 is 0. The first kappa shape index (κ1) is 12.2. The van der Waals surface area contributed by atoms with Gasteiger partial charge >= 0.3 is 7.60 Å². The molecule has 4 heteroatoms. The van der Waals surface area contributed by atoms with E-state index in [0.29, 0.717) is 0 Å². The minimum absolute atomic E-state index is 0.00972. The van der Waals surface area contributed by atoms with Gasteiger partial charge in [-0.3, -0.25) is 4.57 Å². The highest BCUT2D eigenvalue weighted by Crippen LogP contribution is 2.46. The van der Waals surface area contributed by atoms with Gasteiger partial charge in [-0.15, -0.1) is 0 Å². The molecule has 0 bridgehead atoms. The summed E-state index contributed by atoms with van der Waals surface area (Å²) in [5.41, 5.74) is -0.00972. The number of hydrogen-bond donors (Lipinski definition) is 0. The van der Waals surface area contributed by atoms with Gasteiger partial charge in [-0.2, -0.15) is 0 Å². The molecule has 0 aliphatic rings. The smallest absolute Gasteiger partial charge is 0.312 e. The molecule has 0 aromatic heterocycles. The van der Waals surface area contributed by atoms with Crippen molar-refractivity contribution in [2.45, 2.75) is 33.8 Å². The third-order valence-electron chi connectivity index (χ3n) is 1.90. The van der Waals surface area contributed by atoms with Crippen LogP contribution < -0.4 is 0 Å². The second-order valence-corrected chi connectivity index (χ2v) is 6.19. The molecule has 12 heavy (non-hydrogen) atoms. The molecule has 0 aromatic carbocycles. The van der Waals surface area contributed by atoms with Crippen LogP contribution in [0.4, 0.5) is 0 Å². The van der Waals surface area contributed by atoms with Gasteiger partial charge in [-0.25, -0.2) is 0 Å². The Balaban J connectivity index is 4.19. The van der Waals surface area contributed by atoms with Crippen molar-refractivity contribution in [3.05, 3.63) is 0 Å². The molecule has 2 unspecified atom stereocenters. The second-order valence-electron chi connectivity index (χ2n) is 4.07. The highest BCUT2D eigenvalue weighted by Gasteiger charge is 2.27. The van der Waals surface area contributed by atoms with Gasteiger partial charge in [0.2, 0.25) is 0 Å². The maximum absolute atomic E-state index is 11.4. The number of hydrogen-bond acceptors (Lipinski definition) is 3. The quantitative estimate of drug-likeness (QED) is 0.648. The molecule has 0 aliphatic heterocycles. The van der Waals surface area contributed by atoms with E-state index in [4.69, 9.17) is 9.05 Å². The standard InChI is InChI=1S/C8H19O3P/c1-7(8(2,3)4)11-12(6,9)10-5/h7H,1-6H3. The summed E-state index contributed by atoms with van der Waals surface area (Å²) in [5, 5.41) is 0. The highest BCUT2D eigenvalue weighted by molar-refractivity contribution is 7.52. The van der Waals surface area contributed by atoms with E-state index >= 15 is 0 Å². The minimum Gasteiger partial charge on any atom is -0.312 e. The molecule has 0 spiro atoms. The Kier molecular flexibility index (Phi) is 3.95. The Labute approximate surface area is 75.0 Å². The zero-order valence-electron chi connectivity index (χ0n) is 8.75. The average Bonchev–Trinajstić information content (AvgIpc) is 1.85. The van der Waals surface area contributed by atoms with E-state index in [1.165, 1.54) is 13.8 Å². The Morgan fingerprint density at radius 3 is 2.00 bits per heavy atom. The second kappa shape index (κ2) is 3.91. The summed E-state index contributed by atoms with van der Waals surface area (Å²) in [6, 6.07) is 0. The summed E-state index contributed by atoms with van der Waals surface area (Å²) in [6.07, 6.45) is -0.0757. The zero-order chi connectivity index (χ0) is 9.99. The fraction of sp³-hybridized carbons (Fsp3) is 1.00. The molecule has 0 saturated heterocycles. The van der Waals surface area contributed by atoms with Gasteiger partial charge in [0.25, 0.3) is 0 Å². The van der Waals surface area contributed by atoms with Crippen LogP contribution in [0.15, 0.2) is 0 Å². The average molecular weight is 194 g/mol. The third kappa shape index (κ3) is 4.24. The van der Waals surface area contributed by atoms with Gasteiger partial charge < -0.3 is 9.05 Å². The normalized spacial score (nSPS) is 20.2. The van der Waals surface area contributed by atoms with Crippen molar-refractivity contribution in [3.8, 4) is 0 Å². The Morgan fingerprint density at radius 1 is 1.33 bits per heavy atom.